The van der Waals surface area contributed by atoms with Gasteiger partial charge in [-0.05, 0) is 73.7 Å². The number of sulfone groups is 1. The Hall–Kier alpha value is -3.52. The number of hydrogen-bond donors (Lipinski definition) is 1. The number of halogens is 6. The quantitative estimate of drug-likeness (QED) is 0.281. The lowest BCUT2D eigenvalue weighted by Crippen LogP contribution is -2.46. The van der Waals surface area contributed by atoms with Gasteiger partial charge in [0, 0.05) is 56.7 Å². The lowest BCUT2D eigenvalue weighted by molar-refractivity contribution is -0.137. The van der Waals surface area contributed by atoms with E-state index >= 15 is 0 Å². The van der Waals surface area contributed by atoms with Crippen LogP contribution in [0.5, 0.6) is 5.75 Å². The Morgan fingerprint density at radius 3 is 2.07 bits per heavy atom. The van der Waals surface area contributed by atoms with Gasteiger partial charge in [0.05, 0.1) is 16.6 Å². The van der Waals surface area contributed by atoms with Crippen molar-refractivity contribution >= 4 is 21.3 Å². The summed E-state index contributed by atoms with van der Waals surface area (Å²) >= 11 is 0. The zero-order valence-electron chi connectivity index (χ0n) is 23.6. The van der Waals surface area contributed by atoms with Crippen molar-refractivity contribution in [3.05, 3.63) is 78.0 Å². The van der Waals surface area contributed by atoms with Crippen molar-refractivity contribution in [2.75, 3.05) is 36.4 Å². The molecule has 1 aliphatic carbocycles. The van der Waals surface area contributed by atoms with Crippen molar-refractivity contribution in [2.24, 2.45) is 0 Å². The number of alkyl halides is 6. The van der Waals surface area contributed by atoms with Gasteiger partial charge >= 0.3 is 11.7 Å². The second-order valence-corrected chi connectivity index (χ2v) is 13.0. The molecule has 1 N–H and O–H groups in total. The smallest absolute Gasteiger partial charge is 0.490 e. The van der Waals surface area contributed by atoms with Gasteiger partial charge in [0.25, 0.3) is 9.84 Å². The van der Waals surface area contributed by atoms with E-state index in [1.54, 1.807) is 6.20 Å². The minimum absolute atomic E-state index is 0.0109. The van der Waals surface area contributed by atoms with Crippen LogP contribution < -0.4 is 15.0 Å². The number of piperazine rings is 1. The van der Waals surface area contributed by atoms with E-state index in [4.69, 9.17) is 4.74 Å². The Kier molecular flexibility index (Phi) is 9.30. The van der Waals surface area contributed by atoms with Gasteiger partial charge in [-0.3, -0.25) is 4.90 Å². The predicted molar refractivity (Wildman–Crippen MR) is 153 cm³/mol. The molecule has 5 rings (SSSR count). The number of aromatic nitrogens is 1. The first-order chi connectivity index (χ1) is 20.8. The number of anilines is 2. The molecular weight excluding hydrogens is 610 g/mol. The average Bonchev–Trinajstić information content (AvgIpc) is 2.98. The zero-order valence-corrected chi connectivity index (χ0v) is 24.4. The molecule has 0 spiro atoms. The molecule has 44 heavy (non-hydrogen) atoms. The third kappa shape index (κ3) is 7.76. The number of nitrogens with one attached hydrogen (secondary N) is 1. The number of nitrogens with zero attached hydrogens (tertiary/aromatic N) is 3. The summed E-state index contributed by atoms with van der Waals surface area (Å²) in [7, 11) is -5.38. The molecular formula is C30H32F6N4O3S. The molecule has 0 atom stereocenters. The van der Waals surface area contributed by atoms with Crippen molar-refractivity contribution < 1.29 is 39.5 Å². The molecule has 0 unspecified atom stereocenters. The number of benzene rings is 2. The Balaban J connectivity index is 1.07. The minimum Gasteiger partial charge on any atom is -0.490 e. The van der Waals surface area contributed by atoms with Crippen molar-refractivity contribution in [1.82, 2.24) is 9.88 Å². The standard InChI is InChI=1S/C30H32F6N4O3S/c31-29(32,33)22-3-1-21(2-4-22)20-39-15-17-40(18-16-39)28-19-26(13-14-37-28)43-25-9-5-23(6-10-25)38-24-7-11-27(12-8-24)44(41,42)30(34,35)36/h1-4,7-8,11-14,19,23,25,38H,5-6,9-10,15-18,20H2/t23-,25-. The van der Waals surface area contributed by atoms with Crippen molar-refractivity contribution in [3.63, 3.8) is 0 Å². The summed E-state index contributed by atoms with van der Waals surface area (Å²) in [5.74, 6) is 1.50. The largest absolute Gasteiger partial charge is 0.501 e. The van der Waals surface area contributed by atoms with E-state index in [9.17, 15) is 34.8 Å². The summed E-state index contributed by atoms with van der Waals surface area (Å²) in [6.45, 7) is 3.50. The maximum Gasteiger partial charge on any atom is 0.501 e. The van der Waals surface area contributed by atoms with Crippen LogP contribution >= 0.6 is 0 Å². The highest BCUT2D eigenvalue weighted by atomic mass is 32.2. The van der Waals surface area contributed by atoms with E-state index in [1.165, 1.54) is 24.3 Å². The third-order valence-corrected chi connectivity index (χ3v) is 9.42. The van der Waals surface area contributed by atoms with Crippen LogP contribution in [0.3, 0.4) is 0 Å². The van der Waals surface area contributed by atoms with Gasteiger partial charge in [-0.2, -0.15) is 26.3 Å². The van der Waals surface area contributed by atoms with Gasteiger partial charge in [-0.1, -0.05) is 12.1 Å². The van der Waals surface area contributed by atoms with Gasteiger partial charge in [-0.25, -0.2) is 13.4 Å². The van der Waals surface area contributed by atoms with Gasteiger partial charge in [0.15, 0.2) is 0 Å². The molecule has 1 saturated carbocycles. The second-order valence-electron chi connectivity index (χ2n) is 11.0. The van der Waals surface area contributed by atoms with E-state index in [0.717, 1.165) is 87.5 Å². The molecule has 1 aromatic heterocycles. The molecule has 238 valence electrons. The van der Waals surface area contributed by atoms with Crippen LogP contribution in [0, 0.1) is 0 Å². The molecule has 1 saturated heterocycles. The minimum atomic E-state index is -5.38. The fourth-order valence-corrected chi connectivity index (χ4v) is 6.22. The molecule has 2 aliphatic rings. The normalized spacial score (nSPS) is 20.4. The Morgan fingerprint density at radius 1 is 0.841 bits per heavy atom. The maximum atomic E-state index is 12.8. The first-order valence-corrected chi connectivity index (χ1v) is 15.7. The van der Waals surface area contributed by atoms with E-state index in [2.05, 4.69) is 20.1 Å². The highest BCUT2D eigenvalue weighted by Crippen LogP contribution is 2.32. The van der Waals surface area contributed by atoms with E-state index in [0.29, 0.717) is 18.0 Å². The maximum absolute atomic E-state index is 12.8. The predicted octanol–water partition coefficient (Wildman–Crippen LogP) is 6.52. The lowest BCUT2D eigenvalue weighted by Gasteiger charge is -2.35. The summed E-state index contributed by atoms with van der Waals surface area (Å²) < 4.78 is 106. The van der Waals surface area contributed by atoms with Gasteiger partial charge in [0.1, 0.15) is 11.6 Å². The lowest BCUT2D eigenvalue weighted by atomic mass is 9.92. The van der Waals surface area contributed by atoms with E-state index < -0.39 is 32.0 Å². The van der Waals surface area contributed by atoms with Crippen LogP contribution in [0.15, 0.2) is 71.8 Å². The summed E-state index contributed by atoms with van der Waals surface area (Å²) in [5.41, 5.74) is -4.61. The summed E-state index contributed by atoms with van der Waals surface area (Å²) in [6.07, 6.45) is 0.413. The first kappa shape index (κ1) is 31.9. The third-order valence-electron chi connectivity index (χ3n) is 7.92. The summed E-state index contributed by atoms with van der Waals surface area (Å²) in [5, 5.41) is 3.26. The SMILES string of the molecule is O=S(=O)(c1ccc(N[C@H]2CC[C@H](Oc3ccnc(N4CCN(Cc5ccc(C(F)(F)F)cc5)CC4)c3)CC2)cc1)C(F)(F)F. The number of pyridine rings is 1. The average molecular weight is 643 g/mol. The molecule has 2 heterocycles. The van der Waals surface area contributed by atoms with Crippen molar-refractivity contribution in [2.45, 2.75) is 61.0 Å². The van der Waals surface area contributed by atoms with Crippen molar-refractivity contribution in [1.29, 1.82) is 0 Å². The molecule has 3 aromatic rings. The van der Waals surface area contributed by atoms with Gasteiger partial charge in [-0.15, -0.1) is 0 Å². The van der Waals surface area contributed by atoms with Crippen LogP contribution in [0.1, 0.15) is 36.8 Å². The van der Waals surface area contributed by atoms with E-state index in [-0.39, 0.29) is 12.1 Å². The topological polar surface area (TPSA) is 74.8 Å². The van der Waals surface area contributed by atoms with Crippen LogP contribution in [0.4, 0.5) is 37.8 Å². The summed E-state index contributed by atoms with van der Waals surface area (Å²) in [4.78, 5) is 8.07. The molecule has 0 bridgehead atoms. The fourth-order valence-electron chi connectivity index (χ4n) is 5.46. The van der Waals surface area contributed by atoms with Crippen molar-refractivity contribution in [3.8, 4) is 5.75 Å². The van der Waals surface area contributed by atoms with Gasteiger partial charge in [0.2, 0.25) is 0 Å². The molecule has 2 fully saturated rings. The molecule has 14 heteroatoms. The van der Waals surface area contributed by atoms with Crippen LogP contribution in [-0.2, 0) is 22.6 Å². The van der Waals surface area contributed by atoms with Crippen LogP contribution in [0.2, 0.25) is 0 Å². The van der Waals surface area contributed by atoms with E-state index in [1.807, 2.05) is 12.1 Å². The number of hydrogen-bond acceptors (Lipinski definition) is 7. The monoisotopic (exact) mass is 642 g/mol. The molecule has 7 nitrogen and oxygen atoms in total. The fraction of sp³-hybridized carbons (Fsp3) is 0.433. The highest BCUT2D eigenvalue weighted by molar-refractivity contribution is 7.92. The molecule has 0 radical (unpaired) electrons. The molecule has 0 amide bonds. The zero-order chi connectivity index (χ0) is 31.5. The number of rotatable bonds is 8. The second kappa shape index (κ2) is 12.8. The summed E-state index contributed by atoms with van der Waals surface area (Å²) in [6, 6.07) is 13.7. The Labute approximate surface area is 251 Å². The van der Waals surface area contributed by atoms with Crippen LogP contribution in [-0.4, -0.2) is 62.1 Å². The molecule has 2 aromatic carbocycles. The highest BCUT2D eigenvalue weighted by Gasteiger charge is 2.46. The molecule has 1 aliphatic heterocycles. The van der Waals surface area contributed by atoms with Crippen LogP contribution in [0.25, 0.3) is 0 Å². The number of ether oxygens (including phenoxy) is 1. The Bertz CT molecular complexity index is 1500. The first-order valence-electron chi connectivity index (χ1n) is 14.2. The van der Waals surface area contributed by atoms with Gasteiger partial charge < -0.3 is 15.0 Å². The Morgan fingerprint density at radius 2 is 1.48 bits per heavy atom.